The zero-order chi connectivity index (χ0) is 20.8. The summed E-state index contributed by atoms with van der Waals surface area (Å²) < 4.78 is 18.9. The molecule has 0 radical (unpaired) electrons. The predicted octanol–water partition coefficient (Wildman–Crippen LogP) is 4.37. The molecule has 2 aliphatic rings. The Morgan fingerprint density at radius 2 is 1.83 bits per heavy atom. The summed E-state index contributed by atoms with van der Waals surface area (Å²) in [6.07, 6.45) is 1.65. The molecule has 2 aliphatic heterocycles. The van der Waals surface area contributed by atoms with Crippen molar-refractivity contribution in [2.45, 2.75) is 32.9 Å². The largest absolute Gasteiger partial charge is 0.444 e. The van der Waals surface area contributed by atoms with Crippen molar-refractivity contribution in [3.05, 3.63) is 65.0 Å². The fourth-order valence-corrected chi connectivity index (χ4v) is 3.62. The summed E-state index contributed by atoms with van der Waals surface area (Å²) in [6, 6.07) is 10.1. The van der Waals surface area contributed by atoms with Crippen LogP contribution in [0, 0.1) is 5.82 Å². The van der Waals surface area contributed by atoms with E-state index >= 15 is 0 Å². The number of hydrogen-bond donors (Lipinski definition) is 1. The average molecular weight is 394 g/mol. The van der Waals surface area contributed by atoms with Crippen molar-refractivity contribution in [2.24, 2.45) is 0 Å². The van der Waals surface area contributed by atoms with Crippen LogP contribution in [0.5, 0.6) is 0 Å². The van der Waals surface area contributed by atoms with Gasteiger partial charge in [-0.2, -0.15) is 0 Å². The van der Waals surface area contributed by atoms with Gasteiger partial charge >= 0.3 is 6.09 Å². The third kappa shape index (κ3) is 3.88. The molecule has 0 aliphatic carbocycles. The van der Waals surface area contributed by atoms with Gasteiger partial charge in [0.05, 0.1) is 0 Å². The molecule has 0 unspecified atom stereocenters. The van der Waals surface area contributed by atoms with Crippen LogP contribution in [0.1, 0.15) is 42.3 Å². The standard InChI is InChI=1S/C23H23FN2O3/c1-23(2,3)29-22(28)26-9-8-15(13-26)18-10-16-12-25-21(27)20(16)11-19(18)14-4-6-17(24)7-5-14/h4-8,10-11H,9,12-13H2,1-3H3,(H,25,27). The van der Waals surface area contributed by atoms with E-state index in [1.165, 1.54) is 12.1 Å². The van der Waals surface area contributed by atoms with Crippen LogP contribution in [0.3, 0.4) is 0 Å². The van der Waals surface area contributed by atoms with Crippen LogP contribution < -0.4 is 5.32 Å². The maximum absolute atomic E-state index is 13.4. The van der Waals surface area contributed by atoms with Gasteiger partial charge in [-0.25, -0.2) is 9.18 Å². The van der Waals surface area contributed by atoms with Crippen molar-refractivity contribution in [3.8, 4) is 11.1 Å². The second-order valence-electron chi connectivity index (χ2n) is 8.33. The Labute approximate surface area is 169 Å². The van der Waals surface area contributed by atoms with E-state index in [-0.39, 0.29) is 17.8 Å². The lowest BCUT2D eigenvalue weighted by atomic mass is 9.90. The van der Waals surface area contributed by atoms with Crippen molar-refractivity contribution >= 4 is 17.6 Å². The van der Waals surface area contributed by atoms with Crippen molar-refractivity contribution in [3.63, 3.8) is 0 Å². The number of nitrogens with zero attached hydrogens (tertiary/aromatic N) is 1. The average Bonchev–Trinajstić information content (AvgIpc) is 3.28. The number of carbonyl (C=O) groups excluding carboxylic acids is 2. The van der Waals surface area contributed by atoms with E-state index < -0.39 is 5.60 Å². The first-order valence-corrected chi connectivity index (χ1v) is 9.60. The minimum Gasteiger partial charge on any atom is -0.444 e. The molecule has 0 atom stereocenters. The van der Waals surface area contributed by atoms with Crippen LogP contribution in [0.4, 0.5) is 9.18 Å². The molecule has 0 saturated carbocycles. The van der Waals surface area contributed by atoms with Crippen LogP contribution in [-0.4, -0.2) is 35.6 Å². The molecular weight excluding hydrogens is 371 g/mol. The van der Waals surface area contributed by atoms with Gasteiger partial charge in [0.2, 0.25) is 0 Å². The zero-order valence-corrected chi connectivity index (χ0v) is 16.7. The van der Waals surface area contributed by atoms with Crippen molar-refractivity contribution in [1.29, 1.82) is 0 Å². The van der Waals surface area contributed by atoms with E-state index in [2.05, 4.69) is 5.32 Å². The molecule has 0 saturated heterocycles. The fourth-order valence-electron chi connectivity index (χ4n) is 3.62. The molecule has 0 bridgehead atoms. The first-order valence-electron chi connectivity index (χ1n) is 9.60. The Morgan fingerprint density at radius 1 is 1.10 bits per heavy atom. The molecular formula is C23H23FN2O3. The second-order valence-corrected chi connectivity index (χ2v) is 8.33. The number of hydrogen-bond acceptors (Lipinski definition) is 3. The Kier molecular flexibility index (Phi) is 4.65. The van der Waals surface area contributed by atoms with Crippen LogP contribution in [0.2, 0.25) is 0 Å². The maximum atomic E-state index is 13.4. The molecule has 0 spiro atoms. The van der Waals surface area contributed by atoms with Gasteiger partial charge in [0, 0.05) is 25.2 Å². The number of fused-ring (bicyclic) bond motifs is 1. The molecule has 29 heavy (non-hydrogen) atoms. The molecule has 6 heteroatoms. The van der Waals surface area contributed by atoms with E-state index in [1.54, 1.807) is 17.0 Å². The number of halogens is 1. The van der Waals surface area contributed by atoms with Gasteiger partial charge in [-0.05, 0) is 72.9 Å². The molecule has 2 amide bonds. The molecule has 4 rings (SSSR count). The highest BCUT2D eigenvalue weighted by Crippen LogP contribution is 2.35. The third-order valence-corrected chi connectivity index (χ3v) is 5.00. The number of carbonyl (C=O) groups is 2. The van der Waals surface area contributed by atoms with Crippen molar-refractivity contribution in [2.75, 3.05) is 13.1 Å². The smallest absolute Gasteiger partial charge is 0.410 e. The molecule has 5 nitrogen and oxygen atoms in total. The van der Waals surface area contributed by atoms with Crippen LogP contribution in [0.25, 0.3) is 16.7 Å². The Morgan fingerprint density at radius 3 is 2.52 bits per heavy atom. The minimum absolute atomic E-state index is 0.106. The zero-order valence-electron chi connectivity index (χ0n) is 16.7. The highest BCUT2D eigenvalue weighted by Gasteiger charge is 2.28. The Bertz CT molecular complexity index is 1020. The first-order chi connectivity index (χ1) is 13.7. The highest BCUT2D eigenvalue weighted by atomic mass is 19.1. The monoisotopic (exact) mass is 394 g/mol. The van der Waals surface area contributed by atoms with Crippen molar-refractivity contribution in [1.82, 2.24) is 10.2 Å². The summed E-state index contributed by atoms with van der Waals surface area (Å²) in [5.41, 5.74) is 4.59. The molecule has 0 fully saturated rings. The van der Waals surface area contributed by atoms with E-state index in [1.807, 2.05) is 39.0 Å². The van der Waals surface area contributed by atoms with Crippen LogP contribution in [-0.2, 0) is 11.3 Å². The number of nitrogens with one attached hydrogen (secondary N) is 1. The molecule has 0 aromatic heterocycles. The third-order valence-electron chi connectivity index (χ3n) is 5.00. The number of ether oxygens (including phenoxy) is 1. The lowest BCUT2D eigenvalue weighted by Gasteiger charge is -2.24. The van der Waals surface area contributed by atoms with Gasteiger partial charge in [0.1, 0.15) is 11.4 Å². The topological polar surface area (TPSA) is 58.6 Å². The first kappa shape index (κ1) is 19.2. The summed E-state index contributed by atoms with van der Waals surface area (Å²) in [7, 11) is 0. The summed E-state index contributed by atoms with van der Waals surface area (Å²) in [5, 5.41) is 2.84. The normalized spacial score (nSPS) is 15.8. The summed E-state index contributed by atoms with van der Waals surface area (Å²) in [4.78, 5) is 26.2. The highest BCUT2D eigenvalue weighted by molar-refractivity contribution is 6.01. The minimum atomic E-state index is -0.557. The fraction of sp³-hybridized carbons (Fsp3) is 0.304. The van der Waals surface area contributed by atoms with E-state index in [4.69, 9.17) is 4.74 Å². The van der Waals surface area contributed by atoms with Gasteiger partial charge in [-0.1, -0.05) is 18.2 Å². The summed E-state index contributed by atoms with van der Waals surface area (Å²) in [5.74, 6) is -0.420. The lowest BCUT2D eigenvalue weighted by molar-refractivity contribution is 0.0306. The molecule has 150 valence electrons. The molecule has 2 heterocycles. The van der Waals surface area contributed by atoms with E-state index in [0.29, 0.717) is 25.2 Å². The van der Waals surface area contributed by atoms with Gasteiger partial charge in [0.15, 0.2) is 0 Å². The SMILES string of the molecule is CC(C)(C)OC(=O)N1CC=C(c2cc3c(cc2-c2ccc(F)cc2)C(=O)NC3)C1. The van der Waals surface area contributed by atoms with E-state index in [0.717, 1.165) is 27.8 Å². The van der Waals surface area contributed by atoms with E-state index in [9.17, 15) is 14.0 Å². The van der Waals surface area contributed by atoms with Gasteiger partial charge in [-0.15, -0.1) is 0 Å². The molecule has 2 aromatic carbocycles. The quantitative estimate of drug-likeness (QED) is 0.823. The number of benzene rings is 2. The molecule has 2 aromatic rings. The summed E-state index contributed by atoms with van der Waals surface area (Å²) >= 11 is 0. The summed E-state index contributed by atoms with van der Waals surface area (Å²) in [6.45, 7) is 6.88. The Balaban J connectivity index is 1.69. The van der Waals surface area contributed by atoms with Gasteiger partial charge < -0.3 is 15.0 Å². The van der Waals surface area contributed by atoms with Crippen molar-refractivity contribution < 1.29 is 18.7 Å². The number of rotatable bonds is 2. The number of amides is 2. The van der Waals surface area contributed by atoms with Crippen LogP contribution in [0.15, 0.2) is 42.5 Å². The predicted molar refractivity (Wildman–Crippen MR) is 109 cm³/mol. The van der Waals surface area contributed by atoms with Gasteiger partial charge in [0.25, 0.3) is 5.91 Å². The lowest BCUT2D eigenvalue weighted by Crippen LogP contribution is -2.35. The van der Waals surface area contributed by atoms with Crippen LogP contribution >= 0.6 is 0 Å². The molecule has 1 N–H and O–H groups in total. The Hall–Kier alpha value is -3.15. The van der Waals surface area contributed by atoms with Gasteiger partial charge in [-0.3, -0.25) is 4.79 Å². The maximum Gasteiger partial charge on any atom is 0.410 e. The second kappa shape index (κ2) is 7.03.